The molecule has 1 N–H and O–H groups in total. The Morgan fingerprint density at radius 3 is 2.38 bits per heavy atom. The Labute approximate surface area is 83.7 Å². The van der Waals surface area contributed by atoms with Gasteiger partial charge in [-0.3, -0.25) is 0 Å². The van der Waals surface area contributed by atoms with Gasteiger partial charge in [-0.2, -0.15) is 0 Å². The molecule has 0 atom stereocenters. The third-order valence-electron chi connectivity index (χ3n) is 2.38. The van der Waals surface area contributed by atoms with E-state index in [1.807, 2.05) is 7.05 Å². The van der Waals surface area contributed by atoms with Gasteiger partial charge >= 0.3 is 0 Å². The first-order valence-corrected chi connectivity index (χ1v) is 5.57. The molecular weight excluding hydrogens is 160 g/mol. The molecule has 0 unspecified atom stereocenters. The van der Waals surface area contributed by atoms with Crippen LogP contribution < -0.4 is 5.32 Å². The number of nitrogens with zero attached hydrogens (tertiary/aromatic N) is 1. The van der Waals surface area contributed by atoms with Crippen LogP contribution in [-0.2, 0) is 0 Å². The van der Waals surface area contributed by atoms with Gasteiger partial charge in [-0.05, 0) is 38.9 Å². The summed E-state index contributed by atoms with van der Waals surface area (Å²) in [6.07, 6.45) is 2.70. The maximum atomic E-state index is 3.19. The Hall–Kier alpha value is -0.0800. The minimum atomic E-state index is 0.850. The molecule has 0 radical (unpaired) electrons. The van der Waals surface area contributed by atoms with Crippen LogP contribution in [0.2, 0.25) is 0 Å². The Bertz CT molecular complexity index is 102. The van der Waals surface area contributed by atoms with Crippen LogP contribution in [0.5, 0.6) is 0 Å². The summed E-state index contributed by atoms with van der Waals surface area (Å²) in [7, 11) is 2.02. The van der Waals surface area contributed by atoms with E-state index < -0.39 is 0 Å². The predicted molar refractivity (Wildman–Crippen MR) is 60.1 cm³/mol. The number of nitrogens with one attached hydrogen (secondary N) is 1. The molecule has 0 aliphatic carbocycles. The normalized spacial score (nSPS) is 11.5. The lowest BCUT2D eigenvalue weighted by Crippen LogP contribution is -2.31. The van der Waals surface area contributed by atoms with Crippen molar-refractivity contribution < 1.29 is 0 Å². The van der Waals surface area contributed by atoms with Gasteiger partial charge in [0.05, 0.1) is 0 Å². The molecule has 2 heteroatoms. The molecule has 0 fully saturated rings. The van der Waals surface area contributed by atoms with Gasteiger partial charge < -0.3 is 10.2 Å². The SMILES string of the molecule is CCN(CCCC(C)C)CCNC. The van der Waals surface area contributed by atoms with Gasteiger partial charge in [-0.25, -0.2) is 0 Å². The summed E-state index contributed by atoms with van der Waals surface area (Å²) < 4.78 is 0. The topological polar surface area (TPSA) is 15.3 Å². The van der Waals surface area contributed by atoms with Crippen molar-refractivity contribution in [1.29, 1.82) is 0 Å². The molecule has 2 nitrogen and oxygen atoms in total. The maximum absolute atomic E-state index is 3.19. The molecule has 0 amide bonds. The Kier molecular flexibility index (Phi) is 8.46. The highest BCUT2D eigenvalue weighted by molar-refractivity contribution is 4.57. The first kappa shape index (κ1) is 12.9. The zero-order chi connectivity index (χ0) is 10.1. The van der Waals surface area contributed by atoms with Gasteiger partial charge in [0.2, 0.25) is 0 Å². The van der Waals surface area contributed by atoms with E-state index in [9.17, 15) is 0 Å². The highest BCUT2D eigenvalue weighted by Gasteiger charge is 2.01. The molecule has 0 rings (SSSR count). The van der Waals surface area contributed by atoms with Crippen molar-refractivity contribution in [1.82, 2.24) is 10.2 Å². The van der Waals surface area contributed by atoms with Gasteiger partial charge in [0.1, 0.15) is 0 Å². The van der Waals surface area contributed by atoms with E-state index in [4.69, 9.17) is 0 Å². The smallest absolute Gasteiger partial charge is 0.0107 e. The number of rotatable bonds is 8. The largest absolute Gasteiger partial charge is 0.318 e. The lowest BCUT2D eigenvalue weighted by Gasteiger charge is -2.20. The van der Waals surface area contributed by atoms with Crippen molar-refractivity contribution in [2.45, 2.75) is 33.6 Å². The van der Waals surface area contributed by atoms with Crippen LogP contribution in [0, 0.1) is 5.92 Å². The summed E-state index contributed by atoms with van der Waals surface area (Å²) in [5, 5.41) is 3.19. The third-order valence-corrected chi connectivity index (χ3v) is 2.38. The average molecular weight is 186 g/mol. The molecule has 0 aliphatic rings. The molecule has 0 saturated heterocycles. The van der Waals surface area contributed by atoms with Crippen molar-refractivity contribution >= 4 is 0 Å². The lowest BCUT2D eigenvalue weighted by atomic mass is 10.1. The second-order valence-corrected chi connectivity index (χ2v) is 4.07. The molecular formula is C11H26N2. The molecule has 0 aliphatic heterocycles. The fraction of sp³-hybridized carbons (Fsp3) is 1.00. The Morgan fingerprint density at radius 2 is 1.92 bits per heavy atom. The molecule has 0 spiro atoms. The third kappa shape index (κ3) is 8.26. The van der Waals surface area contributed by atoms with Crippen LogP contribution in [0.1, 0.15) is 33.6 Å². The van der Waals surface area contributed by atoms with Crippen LogP contribution in [0.3, 0.4) is 0 Å². The first-order chi connectivity index (χ1) is 6.20. The van der Waals surface area contributed by atoms with Crippen LogP contribution in [0.25, 0.3) is 0 Å². The molecule has 0 aromatic rings. The van der Waals surface area contributed by atoms with Gasteiger partial charge in [0.15, 0.2) is 0 Å². The minimum Gasteiger partial charge on any atom is -0.318 e. The molecule has 0 heterocycles. The second kappa shape index (κ2) is 8.52. The molecule has 0 aromatic heterocycles. The fourth-order valence-corrected chi connectivity index (χ4v) is 1.42. The van der Waals surface area contributed by atoms with Gasteiger partial charge in [0, 0.05) is 13.1 Å². The van der Waals surface area contributed by atoms with Crippen LogP contribution >= 0.6 is 0 Å². The van der Waals surface area contributed by atoms with Crippen molar-refractivity contribution in [3.63, 3.8) is 0 Å². The molecule has 13 heavy (non-hydrogen) atoms. The molecule has 0 bridgehead atoms. The first-order valence-electron chi connectivity index (χ1n) is 5.57. The number of hydrogen-bond acceptors (Lipinski definition) is 2. The highest BCUT2D eigenvalue weighted by atomic mass is 15.1. The molecule has 80 valence electrons. The molecule has 0 aromatic carbocycles. The van der Waals surface area contributed by atoms with E-state index in [2.05, 4.69) is 31.0 Å². The summed E-state index contributed by atoms with van der Waals surface area (Å²) in [4.78, 5) is 2.51. The quantitative estimate of drug-likeness (QED) is 0.623. The van der Waals surface area contributed by atoms with Gasteiger partial charge in [-0.1, -0.05) is 20.8 Å². The highest BCUT2D eigenvalue weighted by Crippen LogP contribution is 2.04. The Morgan fingerprint density at radius 1 is 1.23 bits per heavy atom. The van der Waals surface area contributed by atoms with Crippen LogP contribution in [-0.4, -0.2) is 38.1 Å². The Balaban J connectivity index is 3.36. The van der Waals surface area contributed by atoms with Crippen molar-refractivity contribution in [3.05, 3.63) is 0 Å². The van der Waals surface area contributed by atoms with E-state index in [-0.39, 0.29) is 0 Å². The lowest BCUT2D eigenvalue weighted by molar-refractivity contribution is 0.278. The second-order valence-electron chi connectivity index (χ2n) is 4.07. The van der Waals surface area contributed by atoms with E-state index in [1.54, 1.807) is 0 Å². The monoisotopic (exact) mass is 186 g/mol. The van der Waals surface area contributed by atoms with Crippen molar-refractivity contribution in [2.75, 3.05) is 33.2 Å². The average Bonchev–Trinajstić information content (AvgIpc) is 2.10. The summed E-state index contributed by atoms with van der Waals surface area (Å²) >= 11 is 0. The van der Waals surface area contributed by atoms with E-state index in [1.165, 1.54) is 32.5 Å². The fourth-order valence-electron chi connectivity index (χ4n) is 1.42. The zero-order valence-electron chi connectivity index (χ0n) is 9.77. The zero-order valence-corrected chi connectivity index (χ0v) is 9.77. The van der Waals surface area contributed by atoms with Crippen LogP contribution in [0.4, 0.5) is 0 Å². The van der Waals surface area contributed by atoms with E-state index in [0.29, 0.717) is 0 Å². The molecule has 0 saturated carbocycles. The maximum Gasteiger partial charge on any atom is 0.0107 e. The number of likely N-dealkylation sites (N-methyl/N-ethyl adjacent to an activating group) is 2. The van der Waals surface area contributed by atoms with Gasteiger partial charge in [-0.15, -0.1) is 0 Å². The number of hydrogen-bond donors (Lipinski definition) is 1. The predicted octanol–water partition coefficient (Wildman–Crippen LogP) is 1.96. The summed E-state index contributed by atoms with van der Waals surface area (Å²) in [5.41, 5.74) is 0. The van der Waals surface area contributed by atoms with Gasteiger partial charge in [0.25, 0.3) is 0 Å². The van der Waals surface area contributed by atoms with Crippen LogP contribution in [0.15, 0.2) is 0 Å². The van der Waals surface area contributed by atoms with E-state index >= 15 is 0 Å². The van der Waals surface area contributed by atoms with E-state index in [0.717, 1.165) is 12.5 Å². The summed E-state index contributed by atoms with van der Waals surface area (Å²) in [6.45, 7) is 11.6. The van der Waals surface area contributed by atoms with Crippen molar-refractivity contribution in [3.8, 4) is 0 Å². The van der Waals surface area contributed by atoms with Crippen molar-refractivity contribution in [2.24, 2.45) is 5.92 Å². The standard InChI is InChI=1S/C11H26N2/c1-5-13(10-8-12-4)9-6-7-11(2)3/h11-12H,5-10H2,1-4H3. The summed E-state index contributed by atoms with van der Waals surface area (Å²) in [6, 6.07) is 0. The minimum absolute atomic E-state index is 0.850. The summed E-state index contributed by atoms with van der Waals surface area (Å²) in [5.74, 6) is 0.850.